The predicted octanol–water partition coefficient (Wildman–Crippen LogP) is 1.59. The first-order valence-electron chi connectivity index (χ1n) is 7.31. The van der Waals surface area contributed by atoms with Gasteiger partial charge in [0, 0.05) is 38.3 Å². The first-order chi connectivity index (χ1) is 9.66. The Labute approximate surface area is 120 Å². The van der Waals surface area contributed by atoms with Gasteiger partial charge in [0.15, 0.2) is 0 Å². The minimum atomic E-state index is 0.199. The van der Waals surface area contributed by atoms with Crippen LogP contribution in [0.25, 0.3) is 0 Å². The Hall–Kier alpha value is -1.62. The number of pyridine rings is 1. The van der Waals surface area contributed by atoms with Crippen LogP contribution in [0.15, 0.2) is 12.1 Å². The fourth-order valence-electron chi connectivity index (χ4n) is 2.44. The van der Waals surface area contributed by atoms with Crippen molar-refractivity contribution in [1.82, 2.24) is 15.2 Å². The van der Waals surface area contributed by atoms with Crippen LogP contribution in [0.1, 0.15) is 37.1 Å². The molecular formula is C15H23N3O2. The zero-order valence-corrected chi connectivity index (χ0v) is 12.1. The number of piperidine rings is 1. The molecular weight excluding hydrogens is 254 g/mol. The van der Waals surface area contributed by atoms with Crippen molar-refractivity contribution in [2.24, 2.45) is 0 Å². The van der Waals surface area contributed by atoms with Crippen molar-refractivity contribution in [3.8, 4) is 5.75 Å². The van der Waals surface area contributed by atoms with Gasteiger partial charge in [0.2, 0.25) is 5.91 Å². The monoisotopic (exact) mass is 277 g/mol. The summed E-state index contributed by atoms with van der Waals surface area (Å²) in [5.41, 5.74) is 1.51. The second-order valence-electron chi connectivity index (χ2n) is 5.29. The van der Waals surface area contributed by atoms with E-state index >= 15 is 0 Å². The van der Waals surface area contributed by atoms with E-state index in [2.05, 4.69) is 10.3 Å². The van der Waals surface area contributed by atoms with Gasteiger partial charge in [-0.15, -0.1) is 0 Å². The number of rotatable bonds is 5. The molecule has 0 bridgehead atoms. The molecule has 0 unspecified atom stereocenters. The van der Waals surface area contributed by atoms with Crippen LogP contribution in [0.4, 0.5) is 0 Å². The smallest absolute Gasteiger partial charge is 0.223 e. The number of aromatic hydroxyl groups is 1. The molecule has 5 heteroatoms. The zero-order valence-electron chi connectivity index (χ0n) is 12.1. The van der Waals surface area contributed by atoms with Gasteiger partial charge < -0.3 is 15.3 Å². The van der Waals surface area contributed by atoms with E-state index in [0.29, 0.717) is 25.2 Å². The van der Waals surface area contributed by atoms with Crippen molar-refractivity contribution in [3.05, 3.63) is 23.5 Å². The first kappa shape index (κ1) is 14.8. The number of carbonyl (C=O) groups is 1. The molecule has 2 heterocycles. The van der Waals surface area contributed by atoms with Crippen molar-refractivity contribution in [3.63, 3.8) is 0 Å². The van der Waals surface area contributed by atoms with Gasteiger partial charge in [0.05, 0.1) is 5.69 Å². The largest absolute Gasteiger partial charge is 0.506 e. The predicted molar refractivity (Wildman–Crippen MR) is 77.4 cm³/mol. The Bertz CT molecular complexity index is 456. The molecule has 0 aromatic carbocycles. The van der Waals surface area contributed by atoms with Crippen LogP contribution in [0.2, 0.25) is 0 Å². The summed E-state index contributed by atoms with van der Waals surface area (Å²) in [6.07, 6.45) is 3.99. The summed E-state index contributed by atoms with van der Waals surface area (Å²) in [5, 5.41) is 12.8. The molecule has 1 saturated heterocycles. The molecule has 1 aromatic heterocycles. The highest BCUT2D eigenvalue weighted by Gasteiger charge is 2.15. The van der Waals surface area contributed by atoms with Gasteiger partial charge in [-0.3, -0.25) is 9.78 Å². The van der Waals surface area contributed by atoms with E-state index in [4.69, 9.17) is 0 Å². The number of hydrogen-bond acceptors (Lipinski definition) is 4. The Morgan fingerprint density at radius 3 is 2.85 bits per heavy atom. The van der Waals surface area contributed by atoms with Gasteiger partial charge in [0.1, 0.15) is 5.75 Å². The molecule has 1 aliphatic heterocycles. The highest BCUT2D eigenvalue weighted by Crippen LogP contribution is 2.14. The standard InChI is InChI=1S/C15H23N3O2/c1-12-5-6-14(19)13(17-12)11-16-8-7-15(20)18-9-3-2-4-10-18/h5-6,16,19H,2-4,7-11H2,1H3. The lowest BCUT2D eigenvalue weighted by Crippen LogP contribution is -2.37. The summed E-state index contributed by atoms with van der Waals surface area (Å²) < 4.78 is 0. The molecule has 0 spiro atoms. The second kappa shape index (κ2) is 7.24. The minimum absolute atomic E-state index is 0.199. The van der Waals surface area contributed by atoms with Gasteiger partial charge in [-0.25, -0.2) is 0 Å². The molecule has 1 amide bonds. The zero-order chi connectivity index (χ0) is 14.4. The third kappa shape index (κ3) is 4.20. The number of nitrogens with one attached hydrogen (secondary N) is 1. The SMILES string of the molecule is Cc1ccc(O)c(CNCCC(=O)N2CCCCC2)n1. The maximum Gasteiger partial charge on any atom is 0.223 e. The minimum Gasteiger partial charge on any atom is -0.506 e. The van der Waals surface area contributed by atoms with Crippen molar-refractivity contribution >= 4 is 5.91 Å². The van der Waals surface area contributed by atoms with E-state index in [-0.39, 0.29) is 11.7 Å². The van der Waals surface area contributed by atoms with Crippen molar-refractivity contribution in [2.75, 3.05) is 19.6 Å². The Balaban J connectivity index is 1.70. The maximum absolute atomic E-state index is 12.0. The lowest BCUT2D eigenvalue weighted by Gasteiger charge is -2.26. The second-order valence-corrected chi connectivity index (χ2v) is 5.29. The van der Waals surface area contributed by atoms with Crippen LogP contribution >= 0.6 is 0 Å². The molecule has 1 aliphatic rings. The number of aryl methyl sites for hydroxylation is 1. The van der Waals surface area contributed by atoms with E-state index < -0.39 is 0 Å². The number of aromatic nitrogens is 1. The summed E-state index contributed by atoms with van der Waals surface area (Å²) in [7, 11) is 0. The summed E-state index contributed by atoms with van der Waals surface area (Å²) in [5.74, 6) is 0.420. The molecule has 0 aliphatic carbocycles. The van der Waals surface area contributed by atoms with E-state index in [1.807, 2.05) is 11.8 Å². The van der Waals surface area contributed by atoms with Crippen molar-refractivity contribution in [2.45, 2.75) is 39.2 Å². The molecule has 2 rings (SSSR count). The van der Waals surface area contributed by atoms with Gasteiger partial charge in [-0.1, -0.05) is 0 Å². The Morgan fingerprint density at radius 2 is 2.10 bits per heavy atom. The fourth-order valence-corrected chi connectivity index (χ4v) is 2.44. The third-order valence-corrected chi connectivity index (χ3v) is 3.61. The summed E-state index contributed by atoms with van der Waals surface area (Å²) in [6.45, 7) is 4.80. The summed E-state index contributed by atoms with van der Waals surface area (Å²) in [4.78, 5) is 18.2. The average Bonchev–Trinajstić information content (AvgIpc) is 2.47. The van der Waals surface area contributed by atoms with Gasteiger partial charge in [0.25, 0.3) is 0 Å². The number of nitrogens with zero attached hydrogens (tertiary/aromatic N) is 2. The molecule has 1 fully saturated rings. The van der Waals surface area contributed by atoms with Crippen LogP contribution in [0, 0.1) is 6.92 Å². The molecule has 5 nitrogen and oxygen atoms in total. The molecule has 1 aromatic rings. The normalized spacial score (nSPS) is 15.3. The van der Waals surface area contributed by atoms with E-state index in [0.717, 1.165) is 31.6 Å². The Kier molecular flexibility index (Phi) is 5.35. The van der Waals surface area contributed by atoms with E-state index in [1.165, 1.54) is 6.42 Å². The number of likely N-dealkylation sites (tertiary alicyclic amines) is 1. The quantitative estimate of drug-likeness (QED) is 0.802. The topological polar surface area (TPSA) is 65.5 Å². The molecule has 110 valence electrons. The van der Waals surface area contributed by atoms with Crippen molar-refractivity contribution < 1.29 is 9.90 Å². The first-order valence-corrected chi connectivity index (χ1v) is 7.31. The molecule has 0 atom stereocenters. The summed E-state index contributed by atoms with van der Waals surface area (Å²) in [6, 6.07) is 3.43. The van der Waals surface area contributed by atoms with Crippen LogP contribution in [-0.4, -0.2) is 40.5 Å². The van der Waals surface area contributed by atoms with Gasteiger partial charge in [-0.05, 0) is 38.3 Å². The van der Waals surface area contributed by atoms with E-state index in [9.17, 15) is 9.90 Å². The molecule has 2 N–H and O–H groups in total. The third-order valence-electron chi connectivity index (χ3n) is 3.61. The van der Waals surface area contributed by atoms with Crippen LogP contribution in [0.5, 0.6) is 5.75 Å². The van der Waals surface area contributed by atoms with Crippen LogP contribution < -0.4 is 5.32 Å². The van der Waals surface area contributed by atoms with Crippen LogP contribution in [-0.2, 0) is 11.3 Å². The average molecular weight is 277 g/mol. The highest BCUT2D eigenvalue weighted by atomic mass is 16.3. The Morgan fingerprint density at radius 1 is 1.35 bits per heavy atom. The number of hydrogen-bond donors (Lipinski definition) is 2. The van der Waals surface area contributed by atoms with E-state index in [1.54, 1.807) is 12.1 Å². The van der Waals surface area contributed by atoms with Gasteiger partial charge >= 0.3 is 0 Å². The number of carbonyl (C=O) groups excluding carboxylic acids is 1. The fraction of sp³-hybridized carbons (Fsp3) is 0.600. The van der Waals surface area contributed by atoms with Gasteiger partial charge in [-0.2, -0.15) is 0 Å². The molecule has 20 heavy (non-hydrogen) atoms. The highest BCUT2D eigenvalue weighted by molar-refractivity contribution is 5.76. The van der Waals surface area contributed by atoms with Crippen molar-refractivity contribution in [1.29, 1.82) is 0 Å². The summed E-state index contributed by atoms with van der Waals surface area (Å²) >= 11 is 0. The number of amides is 1. The van der Waals surface area contributed by atoms with Crippen LogP contribution in [0.3, 0.4) is 0 Å². The molecule has 0 saturated carbocycles. The lowest BCUT2D eigenvalue weighted by atomic mass is 10.1. The maximum atomic E-state index is 12.0. The molecule has 0 radical (unpaired) electrons. The lowest BCUT2D eigenvalue weighted by molar-refractivity contribution is -0.131.